The number of sulfonamides is 1. The van der Waals surface area contributed by atoms with Crippen molar-refractivity contribution in [2.75, 3.05) is 34.4 Å². The first-order valence-corrected chi connectivity index (χ1v) is 7.33. The van der Waals surface area contributed by atoms with Gasteiger partial charge in [-0.05, 0) is 18.2 Å². The van der Waals surface area contributed by atoms with Crippen molar-refractivity contribution in [3.63, 3.8) is 0 Å². The fraction of sp³-hybridized carbons (Fsp3) is 0.417. The molecule has 0 saturated heterocycles. The van der Waals surface area contributed by atoms with Crippen molar-refractivity contribution in [1.82, 2.24) is 10.0 Å². The number of ether oxygens (including phenoxy) is 2. The second-order valence-corrected chi connectivity index (χ2v) is 5.57. The van der Waals surface area contributed by atoms with Crippen molar-refractivity contribution in [1.29, 1.82) is 0 Å². The van der Waals surface area contributed by atoms with E-state index in [4.69, 9.17) is 9.47 Å². The summed E-state index contributed by atoms with van der Waals surface area (Å²) >= 11 is 0. The number of rotatable bonds is 7. The zero-order valence-electron chi connectivity index (χ0n) is 11.6. The standard InChI is InChI=1S/C12H18N2O5S/c1-13-12(15)9-4-5-10(19-3)11(8-9)20(16,17)14-6-7-18-2/h4-5,8,14H,6-7H2,1-3H3,(H,13,15). The van der Waals surface area contributed by atoms with Crippen LogP contribution < -0.4 is 14.8 Å². The molecule has 20 heavy (non-hydrogen) atoms. The Bertz CT molecular complexity index is 571. The first-order valence-electron chi connectivity index (χ1n) is 5.85. The van der Waals surface area contributed by atoms with Gasteiger partial charge in [0.2, 0.25) is 10.0 Å². The molecular weight excluding hydrogens is 284 g/mol. The van der Waals surface area contributed by atoms with Crippen LogP contribution in [0.1, 0.15) is 10.4 Å². The highest BCUT2D eigenvalue weighted by molar-refractivity contribution is 7.89. The molecule has 0 saturated carbocycles. The quantitative estimate of drug-likeness (QED) is 0.690. The lowest BCUT2D eigenvalue weighted by Crippen LogP contribution is -2.28. The van der Waals surface area contributed by atoms with E-state index in [9.17, 15) is 13.2 Å². The van der Waals surface area contributed by atoms with E-state index in [0.29, 0.717) is 0 Å². The summed E-state index contributed by atoms with van der Waals surface area (Å²) in [4.78, 5) is 11.5. The van der Waals surface area contributed by atoms with Crippen LogP contribution in [-0.2, 0) is 14.8 Å². The van der Waals surface area contributed by atoms with E-state index in [1.54, 1.807) is 0 Å². The maximum absolute atomic E-state index is 12.2. The number of benzene rings is 1. The van der Waals surface area contributed by atoms with E-state index in [2.05, 4.69) is 10.0 Å². The number of hydrogen-bond acceptors (Lipinski definition) is 5. The molecule has 0 radical (unpaired) electrons. The van der Waals surface area contributed by atoms with Gasteiger partial charge in [-0.25, -0.2) is 13.1 Å². The van der Waals surface area contributed by atoms with E-state index in [1.807, 2.05) is 0 Å². The topological polar surface area (TPSA) is 93.7 Å². The Hall–Kier alpha value is -1.64. The molecule has 8 heteroatoms. The molecule has 0 aliphatic heterocycles. The second kappa shape index (κ2) is 7.22. The molecule has 2 N–H and O–H groups in total. The van der Waals surface area contributed by atoms with Crippen molar-refractivity contribution >= 4 is 15.9 Å². The summed E-state index contributed by atoms with van der Waals surface area (Å²) in [5.74, 6) is -0.205. The maximum Gasteiger partial charge on any atom is 0.251 e. The summed E-state index contributed by atoms with van der Waals surface area (Å²) in [6, 6.07) is 4.20. The van der Waals surface area contributed by atoms with E-state index < -0.39 is 10.0 Å². The summed E-state index contributed by atoms with van der Waals surface area (Å²) in [5, 5.41) is 2.43. The molecule has 1 rings (SSSR count). The number of methoxy groups -OCH3 is 2. The first-order chi connectivity index (χ1) is 9.46. The van der Waals surface area contributed by atoms with Crippen LogP contribution in [0.3, 0.4) is 0 Å². The largest absolute Gasteiger partial charge is 0.495 e. The summed E-state index contributed by atoms with van der Waals surface area (Å²) in [6.45, 7) is 0.378. The molecular formula is C12H18N2O5S. The molecule has 0 aliphatic rings. The van der Waals surface area contributed by atoms with E-state index >= 15 is 0 Å². The predicted molar refractivity (Wildman–Crippen MR) is 73.4 cm³/mol. The molecule has 0 atom stereocenters. The van der Waals surface area contributed by atoms with Gasteiger partial charge in [0.15, 0.2) is 0 Å². The Labute approximate surface area is 118 Å². The summed E-state index contributed by atoms with van der Waals surface area (Å²) < 4.78 is 36.5. The third kappa shape index (κ3) is 3.92. The lowest BCUT2D eigenvalue weighted by molar-refractivity contribution is 0.0963. The Balaban J connectivity index is 3.16. The third-order valence-electron chi connectivity index (χ3n) is 2.54. The Morgan fingerprint density at radius 3 is 2.55 bits per heavy atom. The lowest BCUT2D eigenvalue weighted by Gasteiger charge is -2.12. The molecule has 1 amide bonds. The summed E-state index contributed by atoms with van der Waals surface area (Å²) in [5.41, 5.74) is 0.236. The van der Waals surface area contributed by atoms with Crippen LogP contribution in [0, 0.1) is 0 Å². The minimum absolute atomic E-state index is 0.0859. The van der Waals surface area contributed by atoms with Crippen molar-refractivity contribution in [2.45, 2.75) is 4.90 Å². The molecule has 7 nitrogen and oxygen atoms in total. The van der Waals surface area contributed by atoms with Crippen molar-refractivity contribution in [3.8, 4) is 5.75 Å². The van der Waals surface area contributed by atoms with Crippen LogP contribution in [0.4, 0.5) is 0 Å². The fourth-order valence-corrected chi connectivity index (χ4v) is 2.73. The minimum atomic E-state index is -3.77. The summed E-state index contributed by atoms with van der Waals surface area (Å²) in [7, 11) is 0.533. The monoisotopic (exact) mass is 302 g/mol. The highest BCUT2D eigenvalue weighted by atomic mass is 32.2. The molecule has 0 aliphatic carbocycles. The van der Waals surface area contributed by atoms with Crippen molar-refractivity contribution in [3.05, 3.63) is 23.8 Å². The van der Waals surface area contributed by atoms with Crippen LogP contribution >= 0.6 is 0 Å². The highest BCUT2D eigenvalue weighted by Gasteiger charge is 2.21. The number of amides is 1. The average molecular weight is 302 g/mol. The molecule has 0 fully saturated rings. The normalized spacial score (nSPS) is 11.2. The van der Waals surface area contributed by atoms with Gasteiger partial charge in [0.1, 0.15) is 10.6 Å². The van der Waals surface area contributed by atoms with Gasteiger partial charge >= 0.3 is 0 Å². The van der Waals surface area contributed by atoms with Gasteiger partial charge in [0.05, 0.1) is 13.7 Å². The number of nitrogens with one attached hydrogen (secondary N) is 2. The molecule has 1 aromatic carbocycles. The van der Waals surface area contributed by atoms with Crippen molar-refractivity contribution in [2.24, 2.45) is 0 Å². The molecule has 0 unspecified atom stereocenters. The molecule has 0 aromatic heterocycles. The minimum Gasteiger partial charge on any atom is -0.495 e. The van der Waals surface area contributed by atoms with Crippen LogP contribution in [0.25, 0.3) is 0 Å². The molecule has 1 aromatic rings. The van der Waals surface area contributed by atoms with E-state index in [0.717, 1.165) is 0 Å². The third-order valence-corrected chi connectivity index (χ3v) is 4.02. The maximum atomic E-state index is 12.2. The highest BCUT2D eigenvalue weighted by Crippen LogP contribution is 2.24. The van der Waals surface area contributed by atoms with Gasteiger partial charge in [-0.3, -0.25) is 4.79 Å². The van der Waals surface area contributed by atoms with Gasteiger partial charge < -0.3 is 14.8 Å². The van der Waals surface area contributed by atoms with Crippen LogP contribution in [0.15, 0.2) is 23.1 Å². The van der Waals surface area contributed by atoms with E-state index in [-0.39, 0.29) is 35.3 Å². The predicted octanol–water partition coefficient (Wildman–Crippen LogP) is -0.0205. The van der Waals surface area contributed by atoms with Gasteiger partial charge in [-0.1, -0.05) is 0 Å². The zero-order valence-corrected chi connectivity index (χ0v) is 12.4. The molecule has 112 valence electrons. The van der Waals surface area contributed by atoms with Gasteiger partial charge in [0.25, 0.3) is 5.91 Å². The Kier molecular flexibility index (Phi) is 5.93. The smallest absolute Gasteiger partial charge is 0.251 e. The van der Waals surface area contributed by atoms with Crippen LogP contribution in [0.5, 0.6) is 5.75 Å². The van der Waals surface area contributed by atoms with E-state index in [1.165, 1.54) is 39.5 Å². The molecule has 0 heterocycles. The average Bonchev–Trinajstić information content (AvgIpc) is 2.45. The number of carbonyl (C=O) groups is 1. The second-order valence-electron chi connectivity index (χ2n) is 3.84. The summed E-state index contributed by atoms with van der Waals surface area (Å²) in [6.07, 6.45) is 0. The lowest BCUT2D eigenvalue weighted by atomic mass is 10.2. The van der Waals surface area contributed by atoms with Gasteiger partial charge in [-0.15, -0.1) is 0 Å². The van der Waals surface area contributed by atoms with Gasteiger partial charge in [0, 0.05) is 26.3 Å². The molecule has 0 bridgehead atoms. The number of hydrogen-bond donors (Lipinski definition) is 2. The van der Waals surface area contributed by atoms with Crippen LogP contribution in [-0.4, -0.2) is 48.7 Å². The number of carbonyl (C=O) groups excluding carboxylic acids is 1. The first kappa shape index (κ1) is 16.4. The zero-order chi connectivity index (χ0) is 15.2. The van der Waals surface area contributed by atoms with Gasteiger partial charge in [-0.2, -0.15) is 0 Å². The SMILES string of the molecule is CNC(=O)c1ccc(OC)c(S(=O)(=O)NCCOC)c1. The fourth-order valence-electron chi connectivity index (χ4n) is 1.53. The van der Waals surface area contributed by atoms with Crippen LogP contribution in [0.2, 0.25) is 0 Å². The van der Waals surface area contributed by atoms with Crippen molar-refractivity contribution < 1.29 is 22.7 Å². The Morgan fingerprint density at radius 2 is 2.00 bits per heavy atom. The molecule has 0 spiro atoms. The Morgan fingerprint density at radius 1 is 1.30 bits per heavy atom.